The third kappa shape index (κ3) is 5.09. The van der Waals surface area contributed by atoms with E-state index < -0.39 is 30.4 Å². The molecule has 4 heterocycles. The van der Waals surface area contributed by atoms with Gasteiger partial charge in [0.1, 0.15) is 17.6 Å². The maximum absolute atomic E-state index is 14.8. The number of imidazole rings is 1. The fourth-order valence-electron chi connectivity index (χ4n) is 6.32. The minimum atomic E-state index is -0.946. The first-order valence-corrected chi connectivity index (χ1v) is 15.4. The summed E-state index contributed by atoms with van der Waals surface area (Å²) in [6.45, 7) is 9.41. The predicted molar refractivity (Wildman–Crippen MR) is 172 cm³/mol. The molecule has 3 aliphatic rings. The van der Waals surface area contributed by atoms with Crippen LogP contribution in [0, 0.1) is 0 Å². The molecule has 1 saturated carbocycles. The minimum absolute atomic E-state index is 0.168. The standard InChI is InChI=1S/C33H38BFN6O4/c1-32(2)33(3,4)45-34(44-32)23-7-6-8-25-22(23)14-16-40(25)29-18-27(31-37-19-28(30(36)42)41(31)38-29)39(26-17-24(26)35)15-13-20-9-11-21(43-5)12-10-20/h6-12,18-19,24,26H,13-17H2,1-5H3,(H2,36,42)/t24-,26+/m0/s1. The van der Waals surface area contributed by atoms with Crippen LogP contribution in [0.4, 0.5) is 21.6 Å². The molecule has 2 fully saturated rings. The Kier molecular flexibility index (Phi) is 7.05. The molecule has 2 atom stereocenters. The molecule has 0 spiro atoms. The number of benzene rings is 2. The van der Waals surface area contributed by atoms with Crippen LogP contribution in [0.5, 0.6) is 5.75 Å². The number of amides is 1. The molecule has 10 nitrogen and oxygen atoms in total. The van der Waals surface area contributed by atoms with Gasteiger partial charge in [-0.05, 0) is 75.3 Å². The third-order valence-corrected chi connectivity index (χ3v) is 9.73. The van der Waals surface area contributed by atoms with Crippen molar-refractivity contribution in [2.45, 2.75) is 70.4 Å². The number of methoxy groups -OCH3 is 1. The summed E-state index contributed by atoms with van der Waals surface area (Å²) >= 11 is 0. The molecule has 1 amide bonds. The number of alkyl halides is 1. The number of ether oxygens (including phenoxy) is 1. The van der Waals surface area contributed by atoms with Gasteiger partial charge in [-0.25, -0.2) is 13.9 Å². The van der Waals surface area contributed by atoms with E-state index in [1.165, 1.54) is 10.7 Å². The third-order valence-electron chi connectivity index (χ3n) is 9.73. The molecule has 234 valence electrons. The van der Waals surface area contributed by atoms with Gasteiger partial charge in [-0.3, -0.25) is 4.79 Å². The van der Waals surface area contributed by atoms with Crippen LogP contribution in [0.3, 0.4) is 0 Å². The molecule has 0 unspecified atom stereocenters. The first-order valence-electron chi connectivity index (χ1n) is 15.4. The van der Waals surface area contributed by atoms with E-state index in [2.05, 4.69) is 26.9 Å². The second-order valence-electron chi connectivity index (χ2n) is 13.1. The average Bonchev–Trinajstić information content (AvgIpc) is 3.32. The highest BCUT2D eigenvalue weighted by atomic mass is 19.1. The molecular weight excluding hydrogens is 574 g/mol. The van der Waals surface area contributed by atoms with Gasteiger partial charge < -0.3 is 29.6 Å². The first kappa shape index (κ1) is 29.6. The van der Waals surface area contributed by atoms with E-state index >= 15 is 0 Å². The number of aromatic nitrogens is 3. The summed E-state index contributed by atoms with van der Waals surface area (Å²) < 4.78 is 34.4. The van der Waals surface area contributed by atoms with Crippen LogP contribution in [0.1, 0.15) is 55.7 Å². The van der Waals surface area contributed by atoms with Gasteiger partial charge in [0, 0.05) is 31.3 Å². The van der Waals surface area contributed by atoms with Crippen molar-refractivity contribution in [2.24, 2.45) is 5.73 Å². The van der Waals surface area contributed by atoms with Crippen molar-refractivity contribution >= 4 is 41.3 Å². The van der Waals surface area contributed by atoms with Crippen LogP contribution < -0.4 is 25.7 Å². The van der Waals surface area contributed by atoms with Crippen LogP contribution in [-0.4, -0.2) is 71.2 Å². The van der Waals surface area contributed by atoms with Crippen LogP contribution >= 0.6 is 0 Å². The van der Waals surface area contributed by atoms with Gasteiger partial charge in [0.2, 0.25) is 0 Å². The van der Waals surface area contributed by atoms with Crippen molar-refractivity contribution < 1.29 is 23.2 Å². The zero-order valence-electron chi connectivity index (χ0n) is 26.3. The molecule has 45 heavy (non-hydrogen) atoms. The fourth-order valence-corrected chi connectivity index (χ4v) is 6.32. The van der Waals surface area contributed by atoms with E-state index in [1.807, 2.05) is 64.1 Å². The van der Waals surface area contributed by atoms with Gasteiger partial charge in [0.05, 0.1) is 36.2 Å². The van der Waals surface area contributed by atoms with Crippen molar-refractivity contribution in [1.29, 1.82) is 0 Å². The highest BCUT2D eigenvalue weighted by Crippen LogP contribution is 2.41. The van der Waals surface area contributed by atoms with Crippen LogP contribution in [0.2, 0.25) is 0 Å². The topological polar surface area (TPSA) is 107 Å². The molecule has 4 aromatic rings. The molecule has 12 heteroatoms. The summed E-state index contributed by atoms with van der Waals surface area (Å²) in [7, 11) is 1.15. The van der Waals surface area contributed by atoms with E-state index in [1.54, 1.807) is 7.11 Å². The summed E-state index contributed by atoms with van der Waals surface area (Å²) in [4.78, 5) is 21.2. The number of carbonyl (C=O) groups is 1. The Bertz CT molecular complexity index is 1760. The number of anilines is 3. The molecular formula is C33H38BFN6O4. The summed E-state index contributed by atoms with van der Waals surface area (Å²) in [6.07, 6.45) is 2.36. The van der Waals surface area contributed by atoms with Gasteiger partial charge in [0.25, 0.3) is 5.91 Å². The van der Waals surface area contributed by atoms with Crippen LogP contribution in [-0.2, 0) is 22.2 Å². The van der Waals surface area contributed by atoms with Crippen molar-refractivity contribution in [3.8, 4) is 5.75 Å². The monoisotopic (exact) mass is 612 g/mol. The lowest BCUT2D eigenvalue weighted by molar-refractivity contribution is 0.00578. The van der Waals surface area contributed by atoms with Gasteiger partial charge in [0.15, 0.2) is 11.5 Å². The Labute approximate surface area is 262 Å². The highest BCUT2D eigenvalue weighted by molar-refractivity contribution is 6.62. The molecule has 0 bridgehead atoms. The van der Waals surface area contributed by atoms with Gasteiger partial charge in [-0.1, -0.05) is 24.3 Å². The highest BCUT2D eigenvalue weighted by Gasteiger charge is 2.52. The van der Waals surface area contributed by atoms with E-state index in [0.29, 0.717) is 43.1 Å². The zero-order chi connectivity index (χ0) is 31.7. The second-order valence-corrected chi connectivity index (χ2v) is 13.1. The maximum Gasteiger partial charge on any atom is 0.495 e. The fraction of sp³-hybridized carbons (Fsp3) is 0.424. The van der Waals surface area contributed by atoms with Crippen LogP contribution in [0.25, 0.3) is 5.65 Å². The van der Waals surface area contributed by atoms with Crippen molar-refractivity contribution in [2.75, 3.05) is 30.0 Å². The zero-order valence-corrected chi connectivity index (χ0v) is 26.3. The number of primary amides is 1. The number of carbonyl (C=O) groups excluding carboxylic acids is 1. The number of hydrogen-bond acceptors (Lipinski definition) is 8. The van der Waals surface area contributed by atoms with Crippen molar-refractivity contribution in [1.82, 2.24) is 14.6 Å². The lowest BCUT2D eigenvalue weighted by Crippen LogP contribution is -2.41. The Morgan fingerprint density at radius 2 is 1.87 bits per heavy atom. The largest absolute Gasteiger partial charge is 0.497 e. The number of nitrogens with zero attached hydrogens (tertiary/aromatic N) is 5. The summed E-state index contributed by atoms with van der Waals surface area (Å²) in [5.41, 5.74) is 10.4. The molecule has 2 N–H and O–H groups in total. The number of fused-ring (bicyclic) bond motifs is 2. The molecule has 2 aromatic carbocycles. The number of nitrogens with two attached hydrogens (primary N) is 1. The number of halogens is 1. The van der Waals surface area contributed by atoms with E-state index in [-0.39, 0.29) is 11.7 Å². The summed E-state index contributed by atoms with van der Waals surface area (Å²) in [5, 5.41) is 4.87. The maximum atomic E-state index is 14.8. The second kappa shape index (κ2) is 10.7. The van der Waals surface area contributed by atoms with Gasteiger partial charge in [-0.2, -0.15) is 0 Å². The smallest absolute Gasteiger partial charge is 0.495 e. The van der Waals surface area contributed by atoms with E-state index in [4.69, 9.17) is 24.9 Å². The summed E-state index contributed by atoms with van der Waals surface area (Å²) in [5.74, 6) is 0.766. The predicted octanol–water partition coefficient (Wildman–Crippen LogP) is 3.99. The Balaban J connectivity index is 1.28. The average molecular weight is 613 g/mol. The summed E-state index contributed by atoms with van der Waals surface area (Å²) in [6, 6.07) is 15.7. The first-order chi connectivity index (χ1) is 21.5. The Morgan fingerprint density at radius 3 is 2.51 bits per heavy atom. The Hall–Kier alpha value is -4.16. The van der Waals surface area contributed by atoms with E-state index in [9.17, 15) is 9.18 Å². The SMILES string of the molecule is COc1ccc(CCN(c2cc(N3CCc4c(B5OC(C)(C)C(C)(C)O5)cccc43)nn3c(C(N)=O)cnc23)[C@@H]2C[C@@H]2F)cc1. The van der Waals surface area contributed by atoms with Gasteiger partial charge >= 0.3 is 7.12 Å². The molecule has 1 saturated heterocycles. The lowest BCUT2D eigenvalue weighted by atomic mass is 9.75. The van der Waals surface area contributed by atoms with Gasteiger partial charge in [-0.15, -0.1) is 5.10 Å². The van der Waals surface area contributed by atoms with Crippen LogP contribution in [0.15, 0.2) is 54.7 Å². The van der Waals surface area contributed by atoms with Crippen molar-refractivity contribution in [3.05, 3.63) is 71.5 Å². The molecule has 2 aliphatic heterocycles. The normalized spacial score (nSPS) is 21.3. The molecule has 7 rings (SSSR count). The Morgan fingerprint density at radius 1 is 1.16 bits per heavy atom. The number of rotatable bonds is 9. The lowest BCUT2D eigenvalue weighted by Gasteiger charge is -2.32. The quantitative estimate of drug-likeness (QED) is 0.283. The number of hydrogen-bond donors (Lipinski definition) is 1. The minimum Gasteiger partial charge on any atom is -0.497 e. The van der Waals surface area contributed by atoms with Crippen molar-refractivity contribution in [3.63, 3.8) is 0 Å². The molecule has 0 radical (unpaired) electrons. The van der Waals surface area contributed by atoms with E-state index in [0.717, 1.165) is 34.4 Å². The molecule has 2 aromatic heterocycles. The molecule has 1 aliphatic carbocycles.